The number of hydrogen-bond acceptors (Lipinski definition) is 4. The van der Waals surface area contributed by atoms with E-state index in [1.54, 1.807) is 7.11 Å². The van der Waals surface area contributed by atoms with Crippen LogP contribution in [0.25, 0.3) is 0 Å². The van der Waals surface area contributed by atoms with Crippen LogP contribution >= 0.6 is 0 Å². The molecular weight excluding hydrogens is 290 g/mol. The molecule has 1 heterocycles. The van der Waals surface area contributed by atoms with Crippen LogP contribution in [0.3, 0.4) is 0 Å². The summed E-state index contributed by atoms with van der Waals surface area (Å²) in [6.45, 7) is 2.84. The van der Waals surface area contributed by atoms with Gasteiger partial charge in [-0.25, -0.2) is 0 Å². The quantitative estimate of drug-likeness (QED) is 0.818. The zero-order valence-corrected chi connectivity index (χ0v) is 14.1. The summed E-state index contributed by atoms with van der Waals surface area (Å²) < 4.78 is 11.0. The second kappa shape index (κ2) is 8.02. The van der Waals surface area contributed by atoms with Crippen LogP contribution < -0.4 is 9.47 Å². The SMILES string of the molecule is COc1ccc(OCCCN2CCC(O)C3CCCCC32)cc1. The highest BCUT2D eigenvalue weighted by molar-refractivity contribution is 5.31. The lowest BCUT2D eigenvalue weighted by Crippen LogP contribution is -2.52. The molecule has 2 aliphatic rings. The van der Waals surface area contributed by atoms with E-state index >= 15 is 0 Å². The second-order valence-electron chi connectivity index (χ2n) is 6.79. The average molecular weight is 319 g/mol. The standard InChI is InChI=1S/C19H29NO3/c1-22-15-7-9-16(10-8-15)23-14-4-12-20-13-11-19(21)17-5-2-3-6-18(17)20/h7-10,17-19,21H,2-6,11-14H2,1H3. The lowest BCUT2D eigenvalue weighted by molar-refractivity contribution is -0.0369. The molecule has 0 amide bonds. The van der Waals surface area contributed by atoms with E-state index in [0.29, 0.717) is 12.0 Å². The van der Waals surface area contributed by atoms with Crippen molar-refractivity contribution in [2.24, 2.45) is 5.92 Å². The molecule has 23 heavy (non-hydrogen) atoms. The number of aliphatic hydroxyl groups excluding tert-OH is 1. The van der Waals surface area contributed by atoms with Crippen LogP contribution in [0.2, 0.25) is 0 Å². The summed E-state index contributed by atoms with van der Waals surface area (Å²) in [6.07, 6.45) is 6.93. The molecule has 4 nitrogen and oxygen atoms in total. The van der Waals surface area contributed by atoms with Crippen molar-refractivity contribution < 1.29 is 14.6 Å². The Morgan fingerprint density at radius 1 is 1.09 bits per heavy atom. The third-order valence-corrected chi connectivity index (χ3v) is 5.37. The van der Waals surface area contributed by atoms with Gasteiger partial charge in [0.1, 0.15) is 11.5 Å². The first-order chi connectivity index (χ1) is 11.3. The van der Waals surface area contributed by atoms with Gasteiger partial charge >= 0.3 is 0 Å². The Balaban J connectivity index is 1.42. The van der Waals surface area contributed by atoms with E-state index in [1.807, 2.05) is 24.3 Å². The highest BCUT2D eigenvalue weighted by Crippen LogP contribution is 2.35. The van der Waals surface area contributed by atoms with Gasteiger partial charge in [-0.05, 0) is 49.9 Å². The predicted molar refractivity (Wildman–Crippen MR) is 91.0 cm³/mol. The Morgan fingerprint density at radius 3 is 2.61 bits per heavy atom. The molecule has 0 aromatic heterocycles. The lowest BCUT2D eigenvalue weighted by Gasteiger charge is -2.46. The number of methoxy groups -OCH3 is 1. The molecule has 1 saturated carbocycles. The Hall–Kier alpha value is -1.26. The molecule has 1 saturated heterocycles. The van der Waals surface area contributed by atoms with E-state index < -0.39 is 0 Å². The monoisotopic (exact) mass is 319 g/mol. The normalized spacial score (nSPS) is 28.2. The largest absolute Gasteiger partial charge is 0.497 e. The molecular formula is C19H29NO3. The summed E-state index contributed by atoms with van der Waals surface area (Å²) >= 11 is 0. The molecule has 1 N–H and O–H groups in total. The molecule has 0 spiro atoms. The molecule has 1 aromatic rings. The molecule has 2 fully saturated rings. The van der Waals surface area contributed by atoms with Gasteiger partial charge in [-0.1, -0.05) is 12.8 Å². The first kappa shape index (κ1) is 16.6. The smallest absolute Gasteiger partial charge is 0.119 e. The molecule has 1 aliphatic heterocycles. The van der Waals surface area contributed by atoms with Gasteiger partial charge in [0.25, 0.3) is 0 Å². The number of aliphatic hydroxyl groups is 1. The molecule has 0 radical (unpaired) electrons. The molecule has 1 aromatic carbocycles. The van der Waals surface area contributed by atoms with Gasteiger partial charge in [0.15, 0.2) is 0 Å². The summed E-state index contributed by atoms with van der Waals surface area (Å²) in [5, 5.41) is 10.2. The number of nitrogens with zero attached hydrogens (tertiary/aromatic N) is 1. The molecule has 4 heteroatoms. The minimum absolute atomic E-state index is 0.0768. The first-order valence-corrected chi connectivity index (χ1v) is 8.97. The minimum Gasteiger partial charge on any atom is -0.497 e. The van der Waals surface area contributed by atoms with Gasteiger partial charge in [0.05, 0.1) is 19.8 Å². The van der Waals surface area contributed by atoms with Crippen molar-refractivity contribution in [3.8, 4) is 11.5 Å². The number of likely N-dealkylation sites (tertiary alicyclic amines) is 1. The van der Waals surface area contributed by atoms with Crippen LogP contribution in [-0.2, 0) is 0 Å². The minimum atomic E-state index is -0.0768. The zero-order valence-electron chi connectivity index (χ0n) is 14.1. The van der Waals surface area contributed by atoms with Crippen LogP contribution in [0, 0.1) is 5.92 Å². The Morgan fingerprint density at radius 2 is 1.83 bits per heavy atom. The zero-order chi connectivity index (χ0) is 16.1. The maximum absolute atomic E-state index is 10.2. The molecule has 3 atom stereocenters. The van der Waals surface area contributed by atoms with Gasteiger partial charge in [-0.3, -0.25) is 4.90 Å². The topological polar surface area (TPSA) is 41.9 Å². The number of hydrogen-bond donors (Lipinski definition) is 1. The highest BCUT2D eigenvalue weighted by atomic mass is 16.5. The second-order valence-corrected chi connectivity index (χ2v) is 6.79. The van der Waals surface area contributed by atoms with Crippen molar-refractivity contribution in [1.29, 1.82) is 0 Å². The maximum atomic E-state index is 10.2. The predicted octanol–water partition coefficient (Wildman–Crippen LogP) is 3.09. The van der Waals surface area contributed by atoms with E-state index in [9.17, 15) is 5.11 Å². The first-order valence-electron chi connectivity index (χ1n) is 8.97. The molecule has 3 unspecified atom stereocenters. The van der Waals surface area contributed by atoms with Gasteiger partial charge in [-0.15, -0.1) is 0 Å². The van der Waals surface area contributed by atoms with Crippen molar-refractivity contribution >= 4 is 0 Å². The van der Waals surface area contributed by atoms with E-state index in [0.717, 1.165) is 44.0 Å². The molecule has 1 aliphatic carbocycles. The summed E-state index contributed by atoms with van der Waals surface area (Å²) in [5.74, 6) is 2.25. The van der Waals surface area contributed by atoms with Crippen LogP contribution in [0.15, 0.2) is 24.3 Å². The number of fused-ring (bicyclic) bond motifs is 1. The fourth-order valence-electron chi connectivity index (χ4n) is 4.13. The Labute approximate surface area is 139 Å². The van der Waals surface area contributed by atoms with Gasteiger partial charge < -0.3 is 14.6 Å². The molecule has 128 valence electrons. The fourth-order valence-corrected chi connectivity index (χ4v) is 4.13. The van der Waals surface area contributed by atoms with E-state index in [-0.39, 0.29) is 6.10 Å². The van der Waals surface area contributed by atoms with Crippen molar-refractivity contribution in [1.82, 2.24) is 4.90 Å². The Kier molecular flexibility index (Phi) is 5.79. The van der Waals surface area contributed by atoms with Crippen molar-refractivity contribution in [3.05, 3.63) is 24.3 Å². The molecule has 3 rings (SSSR count). The third kappa shape index (κ3) is 4.18. The molecule has 0 bridgehead atoms. The number of benzene rings is 1. The van der Waals surface area contributed by atoms with Gasteiger partial charge in [0.2, 0.25) is 0 Å². The number of rotatable bonds is 6. The number of piperidine rings is 1. The van der Waals surface area contributed by atoms with E-state index in [1.165, 1.54) is 25.7 Å². The Bertz CT molecular complexity index is 476. The van der Waals surface area contributed by atoms with E-state index in [2.05, 4.69) is 4.90 Å². The van der Waals surface area contributed by atoms with Crippen molar-refractivity contribution in [2.45, 2.75) is 50.7 Å². The van der Waals surface area contributed by atoms with Gasteiger partial charge in [-0.2, -0.15) is 0 Å². The lowest BCUT2D eigenvalue weighted by atomic mass is 9.76. The summed E-state index contributed by atoms with van der Waals surface area (Å²) in [6, 6.07) is 8.34. The summed E-state index contributed by atoms with van der Waals surface area (Å²) in [5.41, 5.74) is 0. The fraction of sp³-hybridized carbons (Fsp3) is 0.684. The van der Waals surface area contributed by atoms with Crippen molar-refractivity contribution in [2.75, 3.05) is 26.8 Å². The maximum Gasteiger partial charge on any atom is 0.119 e. The average Bonchev–Trinajstić information content (AvgIpc) is 2.61. The van der Waals surface area contributed by atoms with E-state index in [4.69, 9.17) is 9.47 Å². The number of ether oxygens (including phenoxy) is 2. The van der Waals surface area contributed by atoms with Crippen molar-refractivity contribution in [3.63, 3.8) is 0 Å². The third-order valence-electron chi connectivity index (χ3n) is 5.37. The summed E-state index contributed by atoms with van der Waals surface area (Å²) in [7, 11) is 1.67. The highest BCUT2D eigenvalue weighted by Gasteiger charge is 2.37. The van der Waals surface area contributed by atoms with Crippen LogP contribution in [0.5, 0.6) is 11.5 Å². The van der Waals surface area contributed by atoms with Gasteiger partial charge in [0, 0.05) is 25.0 Å². The van der Waals surface area contributed by atoms with Crippen LogP contribution in [0.4, 0.5) is 0 Å². The summed E-state index contributed by atoms with van der Waals surface area (Å²) in [4.78, 5) is 2.59. The van der Waals surface area contributed by atoms with Crippen LogP contribution in [0.1, 0.15) is 38.5 Å². The van der Waals surface area contributed by atoms with Crippen LogP contribution in [-0.4, -0.2) is 49.0 Å².